The van der Waals surface area contributed by atoms with Crippen molar-refractivity contribution in [3.63, 3.8) is 0 Å². The van der Waals surface area contributed by atoms with Crippen molar-refractivity contribution in [1.29, 1.82) is 0 Å². The quantitative estimate of drug-likeness (QED) is 0.696. The first-order chi connectivity index (χ1) is 5.83. The molecule has 1 aliphatic heterocycles. The monoisotopic (exact) mass is 171 g/mol. The molecule has 1 N–H and O–H groups in total. The molecule has 1 heterocycles. The minimum atomic E-state index is 0.444. The molecule has 0 aromatic rings. The lowest BCUT2D eigenvalue weighted by atomic mass is 9.99. The lowest BCUT2D eigenvalue weighted by Gasteiger charge is -2.23. The van der Waals surface area contributed by atoms with Gasteiger partial charge in [-0.1, -0.05) is 6.92 Å². The van der Waals surface area contributed by atoms with Crippen molar-refractivity contribution in [3.05, 3.63) is 0 Å². The Kier molecular flexibility index (Phi) is 4.62. The Morgan fingerprint density at radius 2 is 2.08 bits per heavy atom. The molecule has 12 heavy (non-hydrogen) atoms. The Hall–Kier alpha value is -0.0800. The van der Waals surface area contributed by atoms with Crippen LogP contribution in [0.5, 0.6) is 0 Å². The first kappa shape index (κ1) is 10.0. The average molecular weight is 171 g/mol. The van der Waals surface area contributed by atoms with Gasteiger partial charge in [-0.2, -0.15) is 0 Å². The van der Waals surface area contributed by atoms with E-state index in [2.05, 4.69) is 19.2 Å². The molecule has 0 radical (unpaired) electrons. The Bertz CT molecular complexity index is 110. The van der Waals surface area contributed by atoms with Crippen LogP contribution in [0.2, 0.25) is 0 Å². The fraction of sp³-hybridized carbons (Fsp3) is 1.00. The van der Waals surface area contributed by atoms with Gasteiger partial charge < -0.3 is 10.1 Å². The number of piperidine rings is 1. The molecule has 0 aliphatic carbocycles. The van der Waals surface area contributed by atoms with Crippen molar-refractivity contribution in [1.82, 2.24) is 5.32 Å². The van der Waals surface area contributed by atoms with E-state index in [1.54, 1.807) is 0 Å². The van der Waals surface area contributed by atoms with E-state index in [1.165, 1.54) is 25.9 Å². The summed E-state index contributed by atoms with van der Waals surface area (Å²) >= 11 is 0. The van der Waals surface area contributed by atoms with Crippen molar-refractivity contribution in [2.45, 2.75) is 39.2 Å². The van der Waals surface area contributed by atoms with E-state index in [0.29, 0.717) is 6.10 Å². The van der Waals surface area contributed by atoms with Gasteiger partial charge >= 0.3 is 0 Å². The summed E-state index contributed by atoms with van der Waals surface area (Å²) < 4.78 is 5.70. The van der Waals surface area contributed by atoms with Crippen LogP contribution in [0.3, 0.4) is 0 Å². The maximum atomic E-state index is 5.70. The van der Waals surface area contributed by atoms with Crippen LogP contribution in [-0.2, 0) is 4.74 Å². The molecular formula is C10H21NO. The molecular weight excluding hydrogens is 150 g/mol. The molecule has 1 atom stereocenters. The minimum absolute atomic E-state index is 0.444. The van der Waals surface area contributed by atoms with Crippen molar-refractivity contribution < 1.29 is 4.74 Å². The Balaban J connectivity index is 2.05. The van der Waals surface area contributed by atoms with Crippen molar-refractivity contribution in [2.24, 2.45) is 5.92 Å². The molecule has 0 amide bonds. The van der Waals surface area contributed by atoms with Gasteiger partial charge in [0.2, 0.25) is 0 Å². The standard InChI is InChI=1S/C10H21NO/c1-3-9(2)12-8-10-4-6-11-7-5-10/h9-11H,3-8H2,1-2H3. The Labute approximate surface area is 75.7 Å². The number of hydrogen-bond acceptors (Lipinski definition) is 2. The molecule has 1 saturated heterocycles. The van der Waals surface area contributed by atoms with Crippen LogP contribution in [0.4, 0.5) is 0 Å². The summed E-state index contributed by atoms with van der Waals surface area (Å²) in [7, 11) is 0. The molecule has 1 unspecified atom stereocenters. The third-order valence-electron chi connectivity index (χ3n) is 2.65. The highest BCUT2D eigenvalue weighted by Gasteiger charge is 2.13. The average Bonchev–Trinajstić information content (AvgIpc) is 2.16. The van der Waals surface area contributed by atoms with E-state index in [0.717, 1.165) is 18.9 Å². The van der Waals surface area contributed by atoms with Crippen LogP contribution in [0.15, 0.2) is 0 Å². The van der Waals surface area contributed by atoms with E-state index >= 15 is 0 Å². The van der Waals surface area contributed by atoms with Gasteiger partial charge in [0.05, 0.1) is 6.10 Å². The van der Waals surface area contributed by atoms with Gasteiger partial charge in [-0.05, 0) is 45.2 Å². The van der Waals surface area contributed by atoms with E-state index in [4.69, 9.17) is 4.74 Å². The molecule has 0 aromatic heterocycles. The van der Waals surface area contributed by atoms with Crippen LogP contribution in [0, 0.1) is 5.92 Å². The molecule has 72 valence electrons. The van der Waals surface area contributed by atoms with Crippen LogP contribution in [-0.4, -0.2) is 25.8 Å². The number of nitrogens with one attached hydrogen (secondary N) is 1. The van der Waals surface area contributed by atoms with Crippen molar-refractivity contribution in [3.8, 4) is 0 Å². The second kappa shape index (κ2) is 5.55. The summed E-state index contributed by atoms with van der Waals surface area (Å²) in [6.07, 6.45) is 4.15. The second-order valence-corrected chi connectivity index (χ2v) is 3.75. The molecule has 0 bridgehead atoms. The molecule has 1 fully saturated rings. The molecule has 0 aromatic carbocycles. The summed E-state index contributed by atoms with van der Waals surface area (Å²) in [5.74, 6) is 0.806. The van der Waals surface area contributed by atoms with E-state index in [1.807, 2.05) is 0 Å². The first-order valence-corrected chi connectivity index (χ1v) is 5.15. The largest absolute Gasteiger partial charge is 0.378 e. The Morgan fingerprint density at radius 1 is 1.42 bits per heavy atom. The predicted octanol–water partition coefficient (Wildman–Crippen LogP) is 1.80. The van der Waals surface area contributed by atoms with Crippen molar-refractivity contribution >= 4 is 0 Å². The van der Waals surface area contributed by atoms with Crippen LogP contribution < -0.4 is 5.32 Å². The molecule has 2 heteroatoms. The van der Waals surface area contributed by atoms with Crippen LogP contribution in [0.25, 0.3) is 0 Å². The summed E-state index contributed by atoms with van der Waals surface area (Å²) in [6, 6.07) is 0. The number of rotatable bonds is 4. The maximum Gasteiger partial charge on any atom is 0.0544 e. The van der Waals surface area contributed by atoms with Gasteiger partial charge in [0.1, 0.15) is 0 Å². The SMILES string of the molecule is CCC(C)OCC1CCNCC1. The zero-order valence-corrected chi connectivity index (χ0v) is 8.31. The minimum Gasteiger partial charge on any atom is -0.378 e. The molecule has 2 nitrogen and oxygen atoms in total. The summed E-state index contributed by atoms with van der Waals surface area (Å²) in [5, 5.41) is 3.36. The van der Waals surface area contributed by atoms with E-state index in [9.17, 15) is 0 Å². The van der Waals surface area contributed by atoms with Crippen LogP contribution >= 0.6 is 0 Å². The summed E-state index contributed by atoms with van der Waals surface area (Å²) in [6.45, 7) is 7.65. The smallest absolute Gasteiger partial charge is 0.0544 e. The Morgan fingerprint density at radius 3 is 2.67 bits per heavy atom. The highest BCUT2D eigenvalue weighted by Crippen LogP contribution is 2.13. The lowest BCUT2D eigenvalue weighted by Crippen LogP contribution is -2.30. The second-order valence-electron chi connectivity index (χ2n) is 3.75. The van der Waals surface area contributed by atoms with Gasteiger partial charge in [0.25, 0.3) is 0 Å². The predicted molar refractivity (Wildman–Crippen MR) is 51.3 cm³/mol. The van der Waals surface area contributed by atoms with Gasteiger partial charge in [0, 0.05) is 6.61 Å². The summed E-state index contributed by atoms with van der Waals surface area (Å²) in [4.78, 5) is 0. The highest BCUT2D eigenvalue weighted by molar-refractivity contribution is 4.68. The van der Waals surface area contributed by atoms with Crippen LogP contribution in [0.1, 0.15) is 33.1 Å². The van der Waals surface area contributed by atoms with Gasteiger partial charge in [-0.25, -0.2) is 0 Å². The topological polar surface area (TPSA) is 21.3 Å². The maximum absolute atomic E-state index is 5.70. The number of ether oxygens (including phenoxy) is 1. The molecule has 0 spiro atoms. The van der Waals surface area contributed by atoms with Crippen molar-refractivity contribution in [2.75, 3.05) is 19.7 Å². The number of hydrogen-bond donors (Lipinski definition) is 1. The lowest BCUT2D eigenvalue weighted by molar-refractivity contribution is 0.0310. The molecule has 1 aliphatic rings. The first-order valence-electron chi connectivity index (χ1n) is 5.15. The summed E-state index contributed by atoms with van der Waals surface area (Å²) in [5.41, 5.74) is 0. The third-order valence-corrected chi connectivity index (χ3v) is 2.65. The van der Waals surface area contributed by atoms with Gasteiger partial charge in [-0.3, -0.25) is 0 Å². The molecule has 0 saturated carbocycles. The zero-order chi connectivity index (χ0) is 8.81. The normalized spacial score (nSPS) is 22.5. The highest BCUT2D eigenvalue weighted by atomic mass is 16.5. The fourth-order valence-corrected chi connectivity index (χ4v) is 1.47. The third kappa shape index (κ3) is 3.55. The fourth-order valence-electron chi connectivity index (χ4n) is 1.47. The molecule has 1 rings (SSSR count). The van der Waals surface area contributed by atoms with Gasteiger partial charge in [-0.15, -0.1) is 0 Å². The van der Waals surface area contributed by atoms with E-state index < -0.39 is 0 Å². The zero-order valence-electron chi connectivity index (χ0n) is 8.31. The van der Waals surface area contributed by atoms with E-state index in [-0.39, 0.29) is 0 Å². The van der Waals surface area contributed by atoms with Gasteiger partial charge in [0.15, 0.2) is 0 Å².